The Bertz CT molecular complexity index is 407. The van der Waals surface area contributed by atoms with Gasteiger partial charge in [-0.25, -0.2) is 4.79 Å². The highest BCUT2D eigenvalue weighted by Gasteiger charge is 2.28. The lowest BCUT2D eigenvalue weighted by atomic mass is 10.0. The number of allylic oxidation sites excluding steroid dienone is 3. The van der Waals surface area contributed by atoms with E-state index in [1.165, 1.54) is 6.08 Å². The van der Waals surface area contributed by atoms with Gasteiger partial charge in [-0.2, -0.15) is 0 Å². The van der Waals surface area contributed by atoms with Crippen molar-refractivity contribution in [3.63, 3.8) is 0 Å². The summed E-state index contributed by atoms with van der Waals surface area (Å²) in [7, 11) is 0. The quantitative estimate of drug-likeness (QED) is 0.351. The number of ketones is 1. The van der Waals surface area contributed by atoms with E-state index in [0.717, 1.165) is 0 Å². The summed E-state index contributed by atoms with van der Waals surface area (Å²) in [6.07, 6.45) is 2.30. The summed E-state index contributed by atoms with van der Waals surface area (Å²) in [6, 6.07) is 0. The summed E-state index contributed by atoms with van der Waals surface area (Å²) in [5.41, 5.74) is 3.13. The molecule has 1 N–H and O–H groups in total. The molecule has 0 saturated heterocycles. The third kappa shape index (κ3) is 3.43. The van der Waals surface area contributed by atoms with E-state index < -0.39 is 5.97 Å². The Hall–Kier alpha value is -1.62. The first-order valence-electron chi connectivity index (χ1n) is 6.11. The van der Waals surface area contributed by atoms with Crippen LogP contribution in [0.5, 0.6) is 0 Å². The van der Waals surface area contributed by atoms with Gasteiger partial charge in [-0.1, -0.05) is 13.8 Å². The van der Waals surface area contributed by atoms with Gasteiger partial charge in [0.2, 0.25) is 0 Å². The highest BCUT2D eigenvalue weighted by atomic mass is 16.7. The van der Waals surface area contributed by atoms with E-state index in [9.17, 15) is 9.59 Å². The van der Waals surface area contributed by atoms with Crippen LogP contribution in [0.3, 0.4) is 0 Å². The van der Waals surface area contributed by atoms with Crippen molar-refractivity contribution in [3.8, 4) is 0 Å². The SMILES string of the molecule is CCC1=CC(=O)C(=C(CC)NOC(C)C)C(=O)O1. The van der Waals surface area contributed by atoms with Crippen molar-refractivity contribution < 1.29 is 19.2 Å². The molecule has 0 unspecified atom stereocenters. The third-order valence-corrected chi connectivity index (χ3v) is 2.39. The second-order valence-corrected chi connectivity index (χ2v) is 4.19. The van der Waals surface area contributed by atoms with Gasteiger partial charge in [0.15, 0.2) is 5.78 Å². The lowest BCUT2D eigenvalue weighted by Gasteiger charge is -2.18. The fourth-order valence-corrected chi connectivity index (χ4v) is 1.45. The molecule has 0 saturated carbocycles. The number of rotatable bonds is 5. The molecule has 0 atom stereocenters. The molecule has 0 fully saturated rings. The van der Waals surface area contributed by atoms with Crippen molar-refractivity contribution in [1.29, 1.82) is 0 Å². The average Bonchev–Trinajstić information content (AvgIpc) is 2.31. The van der Waals surface area contributed by atoms with Gasteiger partial charge in [-0.3, -0.25) is 15.1 Å². The van der Waals surface area contributed by atoms with Crippen molar-refractivity contribution in [2.24, 2.45) is 0 Å². The Labute approximate surface area is 107 Å². The van der Waals surface area contributed by atoms with Crippen molar-refractivity contribution in [1.82, 2.24) is 5.48 Å². The van der Waals surface area contributed by atoms with Crippen molar-refractivity contribution in [3.05, 3.63) is 23.1 Å². The second-order valence-electron chi connectivity index (χ2n) is 4.19. The van der Waals surface area contributed by atoms with Crippen LogP contribution < -0.4 is 5.48 Å². The maximum atomic E-state index is 11.9. The predicted octanol–water partition coefficient (Wildman–Crippen LogP) is 2.00. The molecular formula is C13H19NO4. The number of nitrogens with one attached hydrogen (secondary N) is 1. The van der Waals surface area contributed by atoms with Gasteiger partial charge in [0.1, 0.15) is 11.3 Å². The predicted molar refractivity (Wildman–Crippen MR) is 66.1 cm³/mol. The monoisotopic (exact) mass is 253 g/mol. The van der Waals surface area contributed by atoms with E-state index in [0.29, 0.717) is 24.3 Å². The Balaban J connectivity index is 3.00. The first-order chi connectivity index (χ1) is 8.49. The maximum absolute atomic E-state index is 11.9. The van der Waals surface area contributed by atoms with E-state index in [1.807, 2.05) is 27.7 Å². The number of hydrogen-bond acceptors (Lipinski definition) is 5. The number of cyclic esters (lactones) is 1. The third-order valence-electron chi connectivity index (χ3n) is 2.39. The molecule has 0 bridgehead atoms. The Morgan fingerprint density at radius 2 is 2.06 bits per heavy atom. The van der Waals surface area contributed by atoms with Gasteiger partial charge in [0, 0.05) is 12.5 Å². The number of carbonyl (C=O) groups excluding carboxylic acids is 2. The molecule has 0 aromatic rings. The van der Waals surface area contributed by atoms with Gasteiger partial charge < -0.3 is 4.74 Å². The summed E-state index contributed by atoms with van der Waals surface area (Å²) >= 11 is 0. The second kappa shape index (κ2) is 6.35. The molecule has 0 spiro atoms. The van der Waals surface area contributed by atoms with Crippen LogP contribution >= 0.6 is 0 Å². The van der Waals surface area contributed by atoms with Crippen molar-refractivity contribution in [2.45, 2.75) is 46.6 Å². The first kappa shape index (κ1) is 14.4. The number of ether oxygens (including phenoxy) is 1. The van der Waals surface area contributed by atoms with Crippen molar-refractivity contribution in [2.75, 3.05) is 0 Å². The molecule has 0 aliphatic carbocycles. The lowest BCUT2D eigenvalue weighted by molar-refractivity contribution is -0.138. The highest BCUT2D eigenvalue weighted by molar-refractivity contribution is 6.24. The van der Waals surface area contributed by atoms with Crippen LogP contribution in [0.15, 0.2) is 23.1 Å². The fourth-order valence-electron chi connectivity index (χ4n) is 1.45. The Morgan fingerprint density at radius 1 is 1.39 bits per heavy atom. The van der Waals surface area contributed by atoms with Crippen LogP contribution in [-0.2, 0) is 19.2 Å². The Morgan fingerprint density at radius 3 is 2.50 bits per heavy atom. The van der Waals surface area contributed by atoms with Gasteiger partial charge >= 0.3 is 5.97 Å². The minimum atomic E-state index is -0.615. The maximum Gasteiger partial charge on any atom is 0.349 e. The average molecular weight is 253 g/mol. The van der Waals surface area contributed by atoms with Crippen LogP contribution in [-0.4, -0.2) is 17.9 Å². The minimum absolute atomic E-state index is 0.0235. The van der Waals surface area contributed by atoms with Crippen LogP contribution in [0.25, 0.3) is 0 Å². The fraction of sp³-hybridized carbons (Fsp3) is 0.538. The van der Waals surface area contributed by atoms with E-state index >= 15 is 0 Å². The molecule has 1 heterocycles. The summed E-state index contributed by atoms with van der Waals surface area (Å²) in [6.45, 7) is 7.35. The zero-order valence-corrected chi connectivity index (χ0v) is 11.2. The Kier molecular flexibility index (Phi) is 5.09. The van der Waals surface area contributed by atoms with Crippen LogP contribution in [0.1, 0.15) is 40.5 Å². The summed E-state index contributed by atoms with van der Waals surface area (Å²) in [4.78, 5) is 28.9. The molecule has 1 rings (SSSR count). The van der Waals surface area contributed by atoms with E-state index in [1.54, 1.807) is 0 Å². The number of hydroxylamine groups is 1. The van der Waals surface area contributed by atoms with Crippen LogP contribution in [0.2, 0.25) is 0 Å². The van der Waals surface area contributed by atoms with Gasteiger partial charge in [0.25, 0.3) is 0 Å². The van der Waals surface area contributed by atoms with Crippen molar-refractivity contribution >= 4 is 11.8 Å². The number of hydrogen-bond donors (Lipinski definition) is 1. The summed E-state index contributed by atoms with van der Waals surface area (Å²) < 4.78 is 5.06. The highest BCUT2D eigenvalue weighted by Crippen LogP contribution is 2.20. The standard InChI is InChI=1S/C13H19NO4/c1-5-9-7-11(15)12(13(16)17-9)10(6-2)14-18-8(3)4/h7-8,14H,5-6H2,1-4H3. The zero-order valence-electron chi connectivity index (χ0n) is 11.2. The lowest BCUT2D eigenvalue weighted by Crippen LogP contribution is -2.28. The van der Waals surface area contributed by atoms with E-state index in [4.69, 9.17) is 9.57 Å². The largest absolute Gasteiger partial charge is 0.427 e. The number of esters is 1. The van der Waals surface area contributed by atoms with E-state index in [-0.39, 0.29) is 17.5 Å². The topological polar surface area (TPSA) is 64.6 Å². The van der Waals surface area contributed by atoms with E-state index in [2.05, 4.69) is 5.48 Å². The number of carbonyl (C=O) groups is 2. The normalized spacial score (nSPS) is 18.6. The molecule has 1 aliphatic heterocycles. The minimum Gasteiger partial charge on any atom is -0.427 e. The van der Waals surface area contributed by atoms with Crippen LogP contribution in [0.4, 0.5) is 0 Å². The van der Waals surface area contributed by atoms with Crippen LogP contribution in [0, 0.1) is 0 Å². The van der Waals surface area contributed by atoms with Gasteiger partial charge in [-0.05, 0) is 20.3 Å². The molecule has 1 aliphatic rings. The molecule has 0 aromatic carbocycles. The molecule has 5 nitrogen and oxygen atoms in total. The molecule has 5 heteroatoms. The molecule has 100 valence electrons. The summed E-state index contributed by atoms with van der Waals surface area (Å²) in [5.74, 6) is -0.551. The first-order valence-corrected chi connectivity index (χ1v) is 6.11. The molecule has 0 amide bonds. The smallest absolute Gasteiger partial charge is 0.349 e. The molecule has 0 aromatic heterocycles. The molecular weight excluding hydrogens is 234 g/mol. The summed E-state index contributed by atoms with van der Waals surface area (Å²) in [5, 5.41) is 0. The molecule has 18 heavy (non-hydrogen) atoms. The molecule has 0 radical (unpaired) electrons. The zero-order chi connectivity index (χ0) is 13.7. The van der Waals surface area contributed by atoms with Gasteiger partial charge in [0.05, 0.1) is 11.8 Å². The van der Waals surface area contributed by atoms with Gasteiger partial charge in [-0.15, -0.1) is 0 Å².